The molecule has 118 valence electrons. The number of aliphatic hydroxyl groups excluding tert-OH is 1. The fourth-order valence-corrected chi connectivity index (χ4v) is 5.23. The number of β-amino-alcohol motifs (C(OH)–C–C–N with tert-alkyl or cyclic N) is 1. The Hall–Kier alpha value is 0.580. The lowest BCUT2D eigenvalue weighted by molar-refractivity contribution is 0.0719. The topological polar surface area (TPSA) is 26.7 Å². The maximum atomic E-state index is 10.4. The van der Waals surface area contributed by atoms with Crippen LogP contribution in [0.2, 0.25) is 0 Å². The second-order valence-corrected chi connectivity index (χ2v) is 8.83. The zero-order valence-corrected chi connectivity index (χ0v) is 14.6. The standard InChI is InChI=1S/C15H30N2OS2/c1-13-7-16(3-5-19-11-13)9-15(18)10-17-4-6-20-12-14(2)8-17/h13-15,18H,3-12H2,1-2H3/t13-,14-/m1/s1. The van der Waals surface area contributed by atoms with Crippen LogP contribution in [0.25, 0.3) is 0 Å². The Morgan fingerprint density at radius 1 is 0.950 bits per heavy atom. The molecule has 2 rings (SSSR count). The summed E-state index contributed by atoms with van der Waals surface area (Å²) in [7, 11) is 0. The van der Waals surface area contributed by atoms with Gasteiger partial charge >= 0.3 is 0 Å². The summed E-state index contributed by atoms with van der Waals surface area (Å²) in [5.74, 6) is 6.48. The predicted molar refractivity (Wildman–Crippen MR) is 91.9 cm³/mol. The summed E-state index contributed by atoms with van der Waals surface area (Å²) in [6.45, 7) is 10.9. The van der Waals surface area contributed by atoms with E-state index in [2.05, 4.69) is 47.2 Å². The van der Waals surface area contributed by atoms with Crippen molar-refractivity contribution in [3.8, 4) is 0 Å². The van der Waals surface area contributed by atoms with Crippen LogP contribution in [0.1, 0.15) is 13.8 Å². The lowest BCUT2D eigenvalue weighted by Gasteiger charge is -2.29. The molecule has 20 heavy (non-hydrogen) atoms. The molecule has 0 amide bonds. The molecular formula is C15H30N2OS2. The van der Waals surface area contributed by atoms with Crippen molar-refractivity contribution in [3.05, 3.63) is 0 Å². The molecule has 1 N–H and O–H groups in total. The number of rotatable bonds is 4. The van der Waals surface area contributed by atoms with Gasteiger partial charge in [-0.2, -0.15) is 23.5 Å². The molecule has 0 aromatic rings. The third-order valence-electron chi connectivity index (χ3n) is 3.99. The summed E-state index contributed by atoms with van der Waals surface area (Å²) in [5, 5.41) is 10.4. The van der Waals surface area contributed by atoms with Crippen LogP contribution in [-0.2, 0) is 0 Å². The molecule has 2 heterocycles. The van der Waals surface area contributed by atoms with Gasteiger partial charge in [-0.1, -0.05) is 13.8 Å². The van der Waals surface area contributed by atoms with Gasteiger partial charge in [-0.25, -0.2) is 0 Å². The molecule has 3 nitrogen and oxygen atoms in total. The SMILES string of the molecule is C[C@H]1CSCCN(CC(O)CN2CCSC[C@H](C)C2)C1. The third-order valence-corrected chi connectivity index (χ3v) is 6.54. The first-order valence-electron chi connectivity index (χ1n) is 7.91. The van der Waals surface area contributed by atoms with E-state index in [1.807, 2.05) is 0 Å². The molecule has 5 heteroatoms. The van der Waals surface area contributed by atoms with Crippen molar-refractivity contribution in [1.29, 1.82) is 0 Å². The van der Waals surface area contributed by atoms with Crippen molar-refractivity contribution in [2.24, 2.45) is 11.8 Å². The van der Waals surface area contributed by atoms with Crippen molar-refractivity contribution in [3.63, 3.8) is 0 Å². The minimum absolute atomic E-state index is 0.194. The molecule has 0 radical (unpaired) electrons. The van der Waals surface area contributed by atoms with Gasteiger partial charge in [0.2, 0.25) is 0 Å². The Bertz CT molecular complexity index is 255. The average Bonchev–Trinajstić information content (AvgIpc) is 2.69. The minimum Gasteiger partial charge on any atom is -0.390 e. The Balaban J connectivity index is 1.74. The maximum absolute atomic E-state index is 10.4. The van der Waals surface area contributed by atoms with E-state index in [0.29, 0.717) is 0 Å². The quantitative estimate of drug-likeness (QED) is 0.852. The Morgan fingerprint density at radius 3 is 1.85 bits per heavy atom. The average molecular weight is 319 g/mol. The Kier molecular flexibility index (Phi) is 7.53. The predicted octanol–water partition coefficient (Wildman–Crippen LogP) is 1.72. The number of hydrogen-bond acceptors (Lipinski definition) is 5. The van der Waals surface area contributed by atoms with E-state index in [1.54, 1.807) is 0 Å². The lowest BCUT2D eigenvalue weighted by Crippen LogP contribution is -2.43. The molecule has 0 spiro atoms. The zero-order valence-electron chi connectivity index (χ0n) is 13.0. The van der Waals surface area contributed by atoms with Crippen LogP contribution in [0.3, 0.4) is 0 Å². The molecule has 0 bridgehead atoms. The van der Waals surface area contributed by atoms with E-state index in [-0.39, 0.29) is 6.10 Å². The number of aliphatic hydroxyl groups is 1. The van der Waals surface area contributed by atoms with Crippen molar-refractivity contribution >= 4 is 23.5 Å². The first kappa shape index (κ1) is 16.9. The van der Waals surface area contributed by atoms with Crippen LogP contribution in [-0.4, -0.2) is 83.3 Å². The summed E-state index contributed by atoms with van der Waals surface area (Å²) in [5.41, 5.74) is 0. The van der Waals surface area contributed by atoms with E-state index in [4.69, 9.17) is 0 Å². The van der Waals surface area contributed by atoms with Crippen LogP contribution in [0.4, 0.5) is 0 Å². The van der Waals surface area contributed by atoms with Gasteiger partial charge in [-0.3, -0.25) is 9.80 Å². The molecular weight excluding hydrogens is 288 g/mol. The second kappa shape index (κ2) is 8.89. The summed E-state index contributed by atoms with van der Waals surface area (Å²) in [6.07, 6.45) is -0.194. The normalized spacial score (nSPS) is 31.2. The lowest BCUT2D eigenvalue weighted by atomic mass is 10.1. The Morgan fingerprint density at radius 2 is 1.40 bits per heavy atom. The van der Waals surface area contributed by atoms with Crippen molar-refractivity contribution in [2.45, 2.75) is 20.0 Å². The van der Waals surface area contributed by atoms with Gasteiger partial charge in [0.25, 0.3) is 0 Å². The van der Waals surface area contributed by atoms with Gasteiger partial charge in [0.05, 0.1) is 6.10 Å². The molecule has 0 aliphatic carbocycles. The zero-order chi connectivity index (χ0) is 14.4. The fourth-order valence-electron chi connectivity index (χ4n) is 3.11. The van der Waals surface area contributed by atoms with E-state index < -0.39 is 0 Å². The van der Waals surface area contributed by atoms with E-state index in [0.717, 1.165) is 51.1 Å². The largest absolute Gasteiger partial charge is 0.390 e. The first-order chi connectivity index (χ1) is 9.63. The highest BCUT2D eigenvalue weighted by molar-refractivity contribution is 7.99. The Labute approximate surface area is 132 Å². The molecule has 0 aromatic carbocycles. The van der Waals surface area contributed by atoms with Crippen LogP contribution in [0.15, 0.2) is 0 Å². The van der Waals surface area contributed by atoms with Gasteiger partial charge in [-0.05, 0) is 23.3 Å². The van der Waals surface area contributed by atoms with Crippen molar-refractivity contribution < 1.29 is 5.11 Å². The fraction of sp³-hybridized carbons (Fsp3) is 1.00. The minimum atomic E-state index is -0.194. The van der Waals surface area contributed by atoms with Crippen LogP contribution >= 0.6 is 23.5 Å². The smallest absolute Gasteiger partial charge is 0.0793 e. The highest BCUT2D eigenvalue weighted by Gasteiger charge is 2.21. The molecule has 2 aliphatic rings. The number of nitrogens with zero attached hydrogens (tertiary/aromatic N) is 2. The molecule has 0 aromatic heterocycles. The third kappa shape index (κ3) is 6.14. The molecule has 2 fully saturated rings. The molecule has 2 atom stereocenters. The summed E-state index contributed by atoms with van der Waals surface area (Å²) >= 11 is 4.11. The molecule has 2 aliphatic heterocycles. The second-order valence-electron chi connectivity index (χ2n) is 6.53. The molecule has 2 saturated heterocycles. The maximum Gasteiger partial charge on any atom is 0.0793 e. The number of hydrogen-bond donors (Lipinski definition) is 1. The highest BCUT2D eigenvalue weighted by atomic mass is 32.2. The van der Waals surface area contributed by atoms with Crippen molar-refractivity contribution in [2.75, 3.05) is 62.3 Å². The van der Waals surface area contributed by atoms with E-state index in [1.165, 1.54) is 23.0 Å². The van der Waals surface area contributed by atoms with E-state index >= 15 is 0 Å². The van der Waals surface area contributed by atoms with Gasteiger partial charge in [-0.15, -0.1) is 0 Å². The molecule has 0 saturated carbocycles. The van der Waals surface area contributed by atoms with Crippen LogP contribution in [0.5, 0.6) is 0 Å². The highest BCUT2D eigenvalue weighted by Crippen LogP contribution is 2.17. The number of thioether (sulfide) groups is 2. The summed E-state index contributed by atoms with van der Waals surface area (Å²) in [6, 6.07) is 0. The van der Waals surface area contributed by atoms with Gasteiger partial charge in [0, 0.05) is 50.8 Å². The molecule has 0 unspecified atom stereocenters. The van der Waals surface area contributed by atoms with Gasteiger partial charge in [0.15, 0.2) is 0 Å². The van der Waals surface area contributed by atoms with Gasteiger partial charge in [0.1, 0.15) is 0 Å². The first-order valence-corrected chi connectivity index (χ1v) is 10.2. The summed E-state index contributed by atoms with van der Waals surface area (Å²) < 4.78 is 0. The monoisotopic (exact) mass is 318 g/mol. The van der Waals surface area contributed by atoms with Crippen molar-refractivity contribution in [1.82, 2.24) is 9.80 Å². The van der Waals surface area contributed by atoms with Gasteiger partial charge < -0.3 is 5.11 Å². The van der Waals surface area contributed by atoms with E-state index in [9.17, 15) is 5.11 Å². The van der Waals surface area contributed by atoms with Crippen LogP contribution in [0, 0.1) is 11.8 Å². The summed E-state index contributed by atoms with van der Waals surface area (Å²) in [4.78, 5) is 4.93. The van der Waals surface area contributed by atoms with Crippen LogP contribution < -0.4 is 0 Å².